The standard InChI is InChI=1S/C14H21NO/c1-11-5-6-14(12(2)8-11)16-10-13-4-3-7-15-9-13/h5-6,8,13,15H,3-4,7,9-10H2,1-2H3/t13-/m1/s1. The Balaban J connectivity index is 1.88. The lowest BCUT2D eigenvalue weighted by Gasteiger charge is -2.23. The highest BCUT2D eigenvalue weighted by Crippen LogP contribution is 2.20. The monoisotopic (exact) mass is 219 g/mol. The number of hydrogen-bond acceptors (Lipinski definition) is 2. The Kier molecular flexibility index (Phi) is 3.83. The number of aryl methyl sites for hydroxylation is 2. The average molecular weight is 219 g/mol. The van der Waals surface area contributed by atoms with E-state index in [1.807, 2.05) is 0 Å². The first-order valence-electron chi connectivity index (χ1n) is 6.16. The molecule has 1 aliphatic heterocycles. The smallest absolute Gasteiger partial charge is 0.122 e. The van der Waals surface area contributed by atoms with Gasteiger partial charge in [-0.05, 0) is 44.9 Å². The summed E-state index contributed by atoms with van der Waals surface area (Å²) in [7, 11) is 0. The van der Waals surface area contributed by atoms with Crippen molar-refractivity contribution in [3.63, 3.8) is 0 Å². The van der Waals surface area contributed by atoms with E-state index in [1.54, 1.807) is 0 Å². The van der Waals surface area contributed by atoms with Gasteiger partial charge in [-0.3, -0.25) is 0 Å². The second-order valence-electron chi connectivity index (χ2n) is 4.79. The van der Waals surface area contributed by atoms with Crippen LogP contribution in [0.2, 0.25) is 0 Å². The largest absolute Gasteiger partial charge is 0.493 e. The van der Waals surface area contributed by atoms with Gasteiger partial charge in [0.05, 0.1) is 6.61 Å². The first kappa shape index (κ1) is 11.5. The fourth-order valence-electron chi connectivity index (χ4n) is 2.24. The summed E-state index contributed by atoms with van der Waals surface area (Å²) >= 11 is 0. The van der Waals surface area contributed by atoms with Crippen molar-refractivity contribution in [1.29, 1.82) is 0 Å². The number of piperidine rings is 1. The predicted molar refractivity (Wildman–Crippen MR) is 67.0 cm³/mol. The Hall–Kier alpha value is -1.02. The summed E-state index contributed by atoms with van der Waals surface area (Å²) in [5, 5.41) is 3.41. The van der Waals surface area contributed by atoms with Crippen LogP contribution >= 0.6 is 0 Å². The topological polar surface area (TPSA) is 21.3 Å². The number of nitrogens with one attached hydrogen (secondary N) is 1. The minimum absolute atomic E-state index is 0.675. The van der Waals surface area contributed by atoms with E-state index in [2.05, 4.69) is 37.4 Å². The van der Waals surface area contributed by atoms with Gasteiger partial charge in [0.25, 0.3) is 0 Å². The molecule has 2 rings (SSSR count). The highest BCUT2D eigenvalue weighted by atomic mass is 16.5. The highest BCUT2D eigenvalue weighted by molar-refractivity contribution is 5.35. The molecule has 0 amide bonds. The third kappa shape index (κ3) is 2.99. The summed E-state index contributed by atoms with van der Waals surface area (Å²) in [5.74, 6) is 1.71. The van der Waals surface area contributed by atoms with Gasteiger partial charge in [-0.1, -0.05) is 17.7 Å². The molecule has 0 bridgehead atoms. The molecule has 0 radical (unpaired) electrons. The minimum atomic E-state index is 0.675. The van der Waals surface area contributed by atoms with Gasteiger partial charge >= 0.3 is 0 Å². The van der Waals surface area contributed by atoms with E-state index in [4.69, 9.17) is 4.74 Å². The molecule has 1 N–H and O–H groups in total. The van der Waals surface area contributed by atoms with Crippen molar-refractivity contribution in [3.05, 3.63) is 29.3 Å². The molecule has 0 spiro atoms. The van der Waals surface area contributed by atoms with E-state index < -0.39 is 0 Å². The lowest BCUT2D eigenvalue weighted by molar-refractivity contribution is 0.217. The van der Waals surface area contributed by atoms with Gasteiger partial charge in [0.15, 0.2) is 0 Å². The van der Waals surface area contributed by atoms with Crippen LogP contribution in [0.1, 0.15) is 24.0 Å². The molecular weight excluding hydrogens is 198 g/mol. The maximum Gasteiger partial charge on any atom is 0.122 e. The van der Waals surface area contributed by atoms with Crippen molar-refractivity contribution in [2.45, 2.75) is 26.7 Å². The van der Waals surface area contributed by atoms with Crippen LogP contribution in [-0.4, -0.2) is 19.7 Å². The fourth-order valence-corrected chi connectivity index (χ4v) is 2.24. The second-order valence-corrected chi connectivity index (χ2v) is 4.79. The molecule has 1 aromatic rings. The number of benzene rings is 1. The van der Waals surface area contributed by atoms with Gasteiger partial charge < -0.3 is 10.1 Å². The van der Waals surface area contributed by atoms with Crippen LogP contribution < -0.4 is 10.1 Å². The first-order chi connectivity index (χ1) is 7.75. The van der Waals surface area contributed by atoms with Gasteiger partial charge in [0.2, 0.25) is 0 Å². The Bertz CT molecular complexity index is 343. The maximum atomic E-state index is 5.89. The van der Waals surface area contributed by atoms with Crippen molar-refractivity contribution in [2.75, 3.05) is 19.7 Å². The molecule has 0 saturated carbocycles. The lowest BCUT2D eigenvalue weighted by atomic mass is 10.0. The van der Waals surface area contributed by atoms with Crippen LogP contribution in [0, 0.1) is 19.8 Å². The van der Waals surface area contributed by atoms with Crippen molar-refractivity contribution in [1.82, 2.24) is 5.32 Å². The number of hydrogen-bond donors (Lipinski definition) is 1. The van der Waals surface area contributed by atoms with Crippen LogP contribution in [0.4, 0.5) is 0 Å². The first-order valence-corrected chi connectivity index (χ1v) is 6.16. The second kappa shape index (κ2) is 5.35. The molecule has 1 aliphatic rings. The number of rotatable bonds is 3. The molecule has 1 aromatic carbocycles. The van der Waals surface area contributed by atoms with E-state index in [-0.39, 0.29) is 0 Å². The lowest BCUT2D eigenvalue weighted by Crippen LogP contribution is -2.33. The van der Waals surface area contributed by atoms with Crippen molar-refractivity contribution >= 4 is 0 Å². The van der Waals surface area contributed by atoms with Gasteiger partial charge in [0.1, 0.15) is 5.75 Å². The quantitative estimate of drug-likeness (QED) is 0.844. The Morgan fingerprint density at radius 1 is 1.38 bits per heavy atom. The minimum Gasteiger partial charge on any atom is -0.493 e. The van der Waals surface area contributed by atoms with Crippen LogP contribution in [0.3, 0.4) is 0 Å². The average Bonchev–Trinajstić information content (AvgIpc) is 2.29. The molecular formula is C14H21NO. The highest BCUT2D eigenvalue weighted by Gasteiger charge is 2.13. The molecule has 2 heteroatoms. The van der Waals surface area contributed by atoms with Gasteiger partial charge in [-0.25, -0.2) is 0 Å². The summed E-state index contributed by atoms with van der Waals surface area (Å²) in [5.41, 5.74) is 2.54. The summed E-state index contributed by atoms with van der Waals surface area (Å²) in [6.07, 6.45) is 2.57. The Morgan fingerprint density at radius 3 is 2.94 bits per heavy atom. The normalized spacial score (nSPS) is 20.8. The number of ether oxygens (including phenoxy) is 1. The van der Waals surface area contributed by atoms with Crippen LogP contribution in [-0.2, 0) is 0 Å². The van der Waals surface area contributed by atoms with E-state index in [0.29, 0.717) is 5.92 Å². The van der Waals surface area contributed by atoms with Crippen molar-refractivity contribution in [2.24, 2.45) is 5.92 Å². The van der Waals surface area contributed by atoms with E-state index in [9.17, 15) is 0 Å². The molecule has 16 heavy (non-hydrogen) atoms. The molecule has 1 saturated heterocycles. The van der Waals surface area contributed by atoms with E-state index >= 15 is 0 Å². The summed E-state index contributed by atoms with van der Waals surface area (Å²) in [6.45, 7) is 7.34. The van der Waals surface area contributed by atoms with Gasteiger partial charge in [-0.15, -0.1) is 0 Å². The van der Waals surface area contributed by atoms with Crippen LogP contribution in [0.25, 0.3) is 0 Å². The third-order valence-electron chi connectivity index (χ3n) is 3.20. The zero-order valence-corrected chi connectivity index (χ0v) is 10.3. The summed E-state index contributed by atoms with van der Waals surface area (Å²) < 4.78 is 5.89. The maximum absolute atomic E-state index is 5.89. The molecule has 1 fully saturated rings. The van der Waals surface area contributed by atoms with Crippen molar-refractivity contribution in [3.8, 4) is 5.75 Å². The van der Waals surface area contributed by atoms with E-state index in [0.717, 1.165) is 18.9 Å². The summed E-state index contributed by atoms with van der Waals surface area (Å²) in [4.78, 5) is 0. The third-order valence-corrected chi connectivity index (χ3v) is 3.20. The summed E-state index contributed by atoms with van der Waals surface area (Å²) in [6, 6.07) is 6.37. The van der Waals surface area contributed by atoms with Gasteiger partial charge in [0, 0.05) is 12.5 Å². The van der Waals surface area contributed by atoms with Crippen molar-refractivity contribution < 1.29 is 4.74 Å². The van der Waals surface area contributed by atoms with Crippen LogP contribution in [0.5, 0.6) is 5.75 Å². The Labute approximate surface area is 98.0 Å². The molecule has 0 aromatic heterocycles. The fraction of sp³-hybridized carbons (Fsp3) is 0.571. The zero-order valence-electron chi connectivity index (χ0n) is 10.3. The SMILES string of the molecule is Cc1ccc(OC[C@@H]2CCCNC2)c(C)c1. The molecule has 2 nitrogen and oxygen atoms in total. The Morgan fingerprint density at radius 2 is 2.25 bits per heavy atom. The molecule has 1 heterocycles. The van der Waals surface area contributed by atoms with Crippen LogP contribution in [0.15, 0.2) is 18.2 Å². The van der Waals surface area contributed by atoms with E-state index in [1.165, 1.54) is 30.5 Å². The molecule has 0 aliphatic carbocycles. The molecule has 0 unspecified atom stereocenters. The zero-order chi connectivity index (χ0) is 11.4. The molecule has 1 atom stereocenters. The predicted octanol–water partition coefficient (Wildman–Crippen LogP) is 2.68. The molecule has 88 valence electrons. The van der Waals surface area contributed by atoms with Gasteiger partial charge in [-0.2, -0.15) is 0 Å².